The van der Waals surface area contributed by atoms with Crippen LogP contribution in [0, 0.1) is 0 Å². The summed E-state index contributed by atoms with van der Waals surface area (Å²) in [5.41, 5.74) is 5.00. The molecular formula is C13H24N2O10. The van der Waals surface area contributed by atoms with Gasteiger partial charge in [-0.3, -0.25) is 14.4 Å². The average molecular weight is 368 g/mol. The molecule has 0 bridgehead atoms. The van der Waals surface area contributed by atoms with Crippen molar-refractivity contribution in [2.45, 2.75) is 56.5 Å². The standard InChI is InChI=1S/C8H15NO6.C5H9NO4/c1-3(11)9-5-7(13)6(12)4(2-10)15-8(5)14;6-3(5(9)10)1-2-4(7)8/h4-8,10,12-14H,2H2,1H3,(H,9,11);3H,1-2,6H2,(H,7,8)(H,9,10)/t4-,5-,6-,7-,8?;3-/m10/s1. The number of carboxylic acids is 2. The molecule has 0 aromatic carbocycles. The van der Waals surface area contributed by atoms with E-state index in [1.165, 1.54) is 6.92 Å². The van der Waals surface area contributed by atoms with Crippen LogP contribution in [-0.2, 0) is 19.1 Å². The van der Waals surface area contributed by atoms with Gasteiger partial charge in [-0.05, 0) is 6.42 Å². The van der Waals surface area contributed by atoms with E-state index in [2.05, 4.69) is 5.32 Å². The topological polar surface area (TPSA) is 220 Å². The molecule has 6 atom stereocenters. The lowest BCUT2D eigenvalue weighted by Gasteiger charge is -2.40. The Balaban J connectivity index is 0.000000504. The molecular weight excluding hydrogens is 344 g/mol. The molecule has 0 saturated carbocycles. The summed E-state index contributed by atoms with van der Waals surface area (Å²) < 4.78 is 4.81. The number of hydrogen-bond donors (Lipinski definition) is 8. The SMILES string of the molecule is CC(=O)N[C@H]1C(O)O[C@H](CO)[C@@H](O)[C@@H]1O.N[C@@H](CCC(=O)O)C(=O)O. The van der Waals surface area contributed by atoms with Gasteiger partial charge in [0.25, 0.3) is 0 Å². The number of ether oxygens (including phenoxy) is 1. The fourth-order valence-corrected chi connectivity index (χ4v) is 1.89. The number of carbonyl (C=O) groups is 3. The Kier molecular flexibility index (Phi) is 10.1. The van der Waals surface area contributed by atoms with Gasteiger partial charge in [-0.1, -0.05) is 0 Å². The van der Waals surface area contributed by atoms with Crippen LogP contribution in [0.3, 0.4) is 0 Å². The van der Waals surface area contributed by atoms with Gasteiger partial charge in [0.15, 0.2) is 6.29 Å². The Morgan fingerprint density at radius 2 is 1.72 bits per heavy atom. The van der Waals surface area contributed by atoms with Gasteiger partial charge in [0.2, 0.25) is 5.91 Å². The summed E-state index contributed by atoms with van der Waals surface area (Å²) in [4.78, 5) is 30.6. The first kappa shape index (κ1) is 23.2. The number of carbonyl (C=O) groups excluding carboxylic acids is 1. The molecule has 1 fully saturated rings. The highest BCUT2D eigenvalue weighted by Gasteiger charge is 2.43. The normalized spacial score (nSPS) is 29.8. The predicted octanol–water partition coefficient (Wildman–Crippen LogP) is -3.81. The molecule has 1 heterocycles. The minimum Gasteiger partial charge on any atom is -0.481 e. The average Bonchev–Trinajstić information content (AvgIpc) is 2.52. The molecule has 12 nitrogen and oxygen atoms in total. The second kappa shape index (κ2) is 10.9. The lowest BCUT2D eigenvalue weighted by atomic mass is 9.97. The summed E-state index contributed by atoms with van der Waals surface area (Å²) in [5.74, 6) is -2.66. The molecule has 0 aromatic rings. The van der Waals surface area contributed by atoms with E-state index in [0.29, 0.717) is 0 Å². The van der Waals surface area contributed by atoms with Crippen molar-refractivity contribution in [3.05, 3.63) is 0 Å². The van der Waals surface area contributed by atoms with Crippen molar-refractivity contribution in [2.75, 3.05) is 6.61 Å². The van der Waals surface area contributed by atoms with E-state index in [4.69, 9.17) is 25.8 Å². The van der Waals surface area contributed by atoms with Crippen molar-refractivity contribution < 1.29 is 49.8 Å². The van der Waals surface area contributed by atoms with Gasteiger partial charge < -0.3 is 46.4 Å². The number of hydrogen-bond acceptors (Lipinski definition) is 9. The summed E-state index contributed by atoms with van der Waals surface area (Å²) in [7, 11) is 0. The second-order valence-electron chi connectivity index (χ2n) is 5.33. The fourth-order valence-electron chi connectivity index (χ4n) is 1.89. The maximum absolute atomic E-state index is 10.7. The van der Waals surface area contributed by atoms with Crippen LogP contribution in [0.4, 0.5) is 0 Å². The molecule has 0 spiro atoms. The Morgan fingerprint density at radius 1 is 1.16 bits per heavy atom. The van der Waals surface area contributed by atoms with Crippen LogP contribution >= 0.6 is 0 Å². The first-order chi connectivity index (χ1) is 11.5. The molecule has 146 valence electrons. The zero-order valence-corrected chi connectivity index (χ0v) is 13.5. The molecule has 0 aromatic heterocycles. The Labute approximate surface area is 142 Å². The molecule has 1 unspecified atom stereocenters. The van der Waals surface area contributed by atoms with Crippen LogP contribution in [0.2, 0.25) is 0 Å². The van der Waals surface area contributed by atoms with Gasteiger partial charge in [-0.2, -0.15) is 0 Å². The number of rotatable bonds is 6. The van der Waals surface area contributed by atoms with Crippen LogP contribution in [0.25, 0.3) is 0 Å². The lowest BCUT2D eigenvalue weighted by Crippen LogP contribution is -2.63. The quantitative estimate of drug-likeness (QED) is 0.227. The predicted molar refractivity (Wildman–Crippen MR) is 80.1 cm³/mol. The lowest BCUT2D eigenvalue weighted by molar-refractivity contribution is -0.253. The smallest absolute Gasteiger partial charge is 0.320 e. The van der Waals surface area contributed by atoms with E-state index in [1.807, 2.05) is 0 Å². The van der Waals surface area contributed by atoms with Crippen LogP contribution in [0.5, 0.6) is 0 Å². The van der Waals surface area contributed by atoms with Gasteiger partial charge in [0, 0.05) is 13.3 Å². The van der Waals surface area contributed by atoms with Crippen LogP contribution < -0.4 is 11.1 Å². The van der Waals surface area contributed by atoms with Crippen LogP contribution in [-0.4, -0.2) is 91.8 Å². The van der Waals surface area contributed by atoms with E-state index >= 15 is 0 Å². The third kappa shape index (κ3) is 8.20. The molecule has 25 heavy (non-hydrogen) atoms. The fraction of sp³-hybridized carbons (Fsp3) is 0.769. The van der Waals surface area contributed by atoms with Crippen LogP contribution in [0.1, 0.15) is 19.8 Å². The van der Waals surface area contributed by atoms with E-state index in [1.54, 1.807) is 0 Å². The zero-order chi connectivity index (χ0) is 19.7. The third-order valence-electron chi connectivity index (χ3n) is 3.26. The molecule has 1 saturated heterocycles. The van der Waals surface area contributed by atoms with Crippen molar-refractivity contribution >= 4 is 17.8 Å². The highest BCUT2D eigenvalue weighted by atomic mass is 16.6. The number of carboxylic acid groups (broad SMARTS) is 2. The summed E-state index contributed by atoms with van der Waals surface area (Å²) in [6, 6.07) is -2.16. The van der Waals surface area contributed by atoms with Crippen molar-refractivity contribution in [3.63, 3.8) is 0 Å². The Morgan fingerprint density at radius 3 is 2.12 bits per heavy atom. The van der Waals surface area contributed by atoms with Gasteiger partial charge in [-0.25, -0.2) is 0 Å². The highest BCUT2D eigenvalue weighted by molar-refractivity contribution is 5.74. The third-order valence-corrected chi connectivity index (χ3v) is 3.26. The second-order valence-corrected chi connectivity index (χ2v) is 5.33. The Hall–Kier alpha value is -1.83. The number of aliphatic hydroxyl groups excluding tert-OH is 4. The number of aliphatic hydroxyl groups is 4. The summed E-state index contributed by atoms with van der Waals surface area (Å²) in [6.45, 7) is 0.687. The molecule has 9 N–H and O–H groups in total. The molecule has 12 heteroatoms. The first-order valence-corrected chi connectivity index (χ1v) is 7.29. The van der Waals surface area contributed by atoms with Crippen molar-refractivity contribution in [2.24, 2.45) is 5.73 Å². The van der Waals surface area contributed by atoms with Crippen molar-refractivity contribution in [1.29, 1.82) is 0 Å². The summed E-state index contributed by atoms with van der Waals surface area (Å²) >= 11 is 0. The maximum Gasteiger partial charge on any atom is 0.320 e. The monoisotopic (exact) mass is 368 g/mol. The number of nitrogens with one attached hydrogen (secondary N) is 1. The minimum atomic E-state index is -1.45. The van der Waals surface area contributed by atoms with Gasteiger partial charge in [-0.15, -0.1) is 0 Å². The minimum absolute atomic E-state index is 0.0231. The van der Waals surface area contributed by atoms with Gasteiger partial charge in [0.05, 0.1) is 6.61 Å². The van der Waals surface area contributed by atoms with Crippen molar-refractivity contribution in [3.8, 4) is 0 Å². The summed E-state index contributed by atoms with van der Waals surface area (Å²) in [6.07, 6.45) is -5.47. The Bertz CT molecular complexity index is 460. The maximum atomic E-state index is 10.7. The summed E-state index contributed by atoms with van der Waals surface area (Å²) in [5, 5.41) is 55.7. The molecule has 1 rings (SSSR count). The largest absolute Gasteiger partial charge is 0.481 e. The van der Waals surface area contributed by atoms with E-state index in [9.17, 15) is 29.7 Å². The van der Waals surface area contributed by atoms with Gasteiger partial charge in [0.1, 0.15) is 30.4 Å². The highest BCUT2D eigenvalue weighted by Crippen LogP contribution is 2.19. The number of amides is 1. The first-order valence-electron chi connectivity index (χ1n) is 7.29. The van der Waals surface area contributed by atoms with E-state index < -0.39 is 61.1 Å². The number of aliphatic carboxylic acids is 2. The van der Waals surface area contributed by atoms with Crippen LogP contribution in [0.15, 0.2) is 0 Å². The molecule has 1 aliphatic heterocycles. The van der Waals surface area contributed by atoms with Crippen molar-refractivity contribution in [1.82, 2.24) is 5.32 Å². The van der Waals surface area contributed by atoms with E-state index in [0.717, 1.165) is 0 Å². The van der Waals surface area contributed by atoms with E-state index in [-0.39, 0.29) is 12.8 Å². The van der Waals surface area contributed by atoms with Gasteiger partial charge >= 0.3 is 11.9 Å². The molecule has 1 amide bonds. The molecule has 0 aliphatic carbocycles. The molecule has 1 aliphatic rings. The zero-order valence-electron chi connectivity index (χ0n) is 13.5. The molecule has 0 radical (unpaired) electrons. The number of nitrogens with two attached hydrogens (primary N) is 1.